The summed E-state index contributed by atoms with van der Waals surface area (Å²) in [6.07, 6.45) is 15.9. The van der Waals surface area contributed by atoms with Crippen LogP contribution < -0.4 is 18.9 Å². The molecule has 51 heavy (non-hydrogen) atoms. The third-order valence-corrected chi connectivity index (χ3v) is 10.2. The van der Waals surface area contributed by atoms with E-state index in [4.69, 9.17) is 31.8 Å². The fraction of sp³-hybridized carbons (Fsp3) is 0.111. The number of hydrogen-bond donors (Lipinski definition) is 0. The maximum absolute atomic E-state index is 10.2. The molecular formula is C45H28N2O4. The van der Waals surface area contributed by atoms with Crippen molar-refractivity contribution in [3.63, 3.8) is 0 Å². The zero-order chi connectivity index (χ0) is 35.6. The van der Waals surface area contributed by atoms with E-state index in [0.29, 0.717) is 45.3 Å². The van der Waals surface area contributed by atoms with Crippen molar-refractivity contribution in [2.75, 3.05) is 14.2 Å². The number of ether oxygens (including phenoxy) is 4. The first-order chi connectivity index (χ1) is 24.8. The monoisotopic (exact) mass is 660 g/mol. The Morgan fingerprint density at radius 2 is 1.04 bits per heavy atom. The zero-order valence-corrected chi connectivity index (χ0v) is 28.3. The van der Waals surface area contributed by atoms with Crippen LogP contribution in [0.15, 0.2) is 84.9 Å². The molecule has 1 atom stereocenters. The molecule has 1 aliphatic heterocycles. The molecule has 0 N–H and O–H groups in total. The van der Waals surface area contributed by atoms with Crippen molar-refractivity contribution >= 4 is 11.1 Å². The largest absolute Gasteiger partial charge is 0.493 e. The molecule has 0 amide bonds. The number of fused-ring (bicyclic) bond motifs is 6. The number of hydrogen-bond acceptors (Lipinski definition) is 6. The molecule has 2 aliphatic carbocycles. The summed E-state index contributed by atoms with van der Waals surface area (Å²) >= 11 is 0. The average Bonchev–Trinajstić information content (AvgIpc) is 3.66. The van der Waals surface area contributed by atoms with E-state index in [1.807, 2.05) is 86.6 Å². The predicted molar refractivity (Wildman–Crippen MR) is 195 cm³/mol. The van der Waals surface area contributed by atoms with Crippen LogP contribution in [0, 0.1) is 61.2 Å². The Bertz CT molecular complexity index is 2600. The van der Waals surface area contributed by atoms with E-state index in [1.165, 1.54) is 0 Å². The van der Waals surface area contributed by atoms with E-state index in [0.717, 1.165) is 55.7 Å². The fourth-order valence-corrected chi connectivity index (χ4v) is 7.43. The van der Waals surface area contributed by atoms with Gasteiger partial charge in [0.1, 0.15) is 23.3 Å². The Morgan fingerprint density at radius 3 is 1.49 bits per heavy atom. The van der Waals surface area contributed by atoms with E-state index in [1.54, 1.807) is 14.2 Å². The normalized spacial score (nSPS) is 15.6. The summed E-state index contributed by atoms with van der Waals surface area (Å²) in [5, 5.41) is 20.3. The van der Waals surface area contributed by atoms with Gasteiger partial charge in [0, 0.05) is 11.1 Å². The summed E-state index contributed by atoms with van der Waals surface area (Å²) in [4.78, 5) is 0. The van der Waals surface area contributed by atoms with Crippen LogP contribution in [0.25, 0.3) is 11.1 Å². The molecule has 1 unspecified atom stereocenters. The number of rotatable bonds is 4. The van der Waals surface area contributed by atoms with E-state index in [9.17, 15) is 10.5 Å². The SMILES string of the molecule is C#Cc1ccc(C2=CC3(C=C(c4ccc(C#C)cc4)c4cc5c(cc43)Oc3c(C#N)c(C)c(C)c(C#N)c3O5)c3cc(OC)c(OC)cc32)cc1. The zero-order valence-electron chi connectivity index (χ0n) is 28.3. The van der Waals surface area contributed by atoms with Gasteiger partial charge in [-0.3, -0.25) is 0 Å². The molecule has 6 heteroatoms. The molecule has 8 rings (SSSR count). The lowest BCUT2D eigenvalue weighted by Crippen LogP contribution is -2.19. The first-order valence-corrected chi connectivity index (χ1v) is 16.2. The Hall–Kier alpha value is -7.12. The number of nitriles is 2. The number of allylic oxidation sites excluding steroid dienone is 2. The summed E-state index contributed by atoms with van der Waals surface area (Å²) in [6, 6.07) is 28.3. The van der Waals surface area contributed by atoms with Crippen molar-refractivity contribution in [3.8, 4) is 71.3 Å². The lowest BCUT2D eigenvalue weighted by molar-refractivity contribution is 0.354. The highest BCUT2D eigenvalue weighted by molar-refractivity contribution is 5.98. The third kappa shape index (κ3) is 4.45. The molecule has 5 aromatic rings. The van der Waals surface area contributed by atoms with E-state index in [-0.39, 0.29) is 11.5 Å². The molecule has 6 nitrogen and oxygen atoms in total. The highest BCUT2D eigenvalue weighted by atomic mass is 16.6. The van der Waals surface area contributed by atoms with Gasteiger partial charge in [-0.15, -0.1) is 12.8 Å². The van der Waals surface area contributed by atoms with Crippen LogP contribution in [0.4, 0.5) is 0 Å². The van der Waals surface area contributed by atoms with Gasteiger partial charge in [-0.1, -0.05) is 48.3 Å². The van der Waals surface area contributed by atoms with Gasteiger partial charge in [-0.05, 0) is 118 Å². The van der Waals surface area contributed by atoms with Gasteiger partial charge < -0.3 is 18.9 Å². The minimum absolute atomic E-state index is 0.234. The van der Waals surface area contributed by atoms with Crippen molar-refractivity contribution in [3.05, 3.63) is 152 Å². The van der Waals surface area contributed by atoms with Crippen LogP contribution in [-0.2, 0) is 5.41 Å². The fourth-order valence-electron chi connectivity index (χ4n) is 7.43. The second-order valence-electron chi connectivity index (χ2n) is 12.6. The van der Waals surface area contributed by atoms with E-state index in [2.05, 4.69) is 36.1 Å². The maximum atomic E-state index is 10.2. The molecule has 3 aliphatic rings. The molecule has 0 radical (unpaired) electrons. The predicted octanol–water partition coefficient (Wildman–Crippen LogP) is 9.10. The lowest BCUT2D eigenvalue weighted by atomic mass is 9.78. The Kier molecular flexibility index (Phi) is 7.03. The van der Waals surface area contributed by atoms with E-state index >= 15 is 0 Å². The Labute approximate surface area is 296 Å². The standard InChI is InChI=1S/C45H28N2O4/c1-7-27-9-13-29(14-10-27)33-21-45(37-19-40(49-6)39(48-5)17-31(33)37)22-34(30-15-11-28(8-2)12-16-30)32-18-41-42(20-38(32)45)51-44-36(24-47)26(4)25(3)35(23-46)43(44)50-41/h1-2,9-22H,3-6H3. The molecule has 1 spiro atoms. The van der Waals surface area contributed by atoms with Crippen LogP contribution >= 0.6 is 0 Å². The third-order valence-electron chi connectivity index (χ3n) is 10.2. The molecule has 5 aromatic carbocycles. The van der Waals surface area contributed by atoms with Gasteiger partial charge >= 0.3 is 0 Å². The summed E-state index contributed by atoms with van der Waals surface area (Å²) in [5.74, 6) is 7.96. The molecule has 0 bridgehead atoms. The van der Waals surface area contributed by atoms with Crippen molar-refractivity contribution in [2.24, 2.45) is 0 Å². The highest BCUT2D eigenvalue weighted by Gasteiger charge is 2.46. The average molecular weight is 661 g/mol. The topological polar surface area (TPSA) is 84.5 Å². The van der Waals surface area contributed by atoms with Crippen LogP contribution in [0.5, 0.6) is 34.5 Å². The smallest absolute Gasteiger partial charge is 0.189 e. The number of terminal acetylenes is 2. The van der Waals surface area contributed by atoms with Gasteiger partial charge in [0.05, 0.1) is 19.6 Å². The molecule has 1 heterocycles. The summed E-state index contributed by atoms with van der Waals surface area (Å²) in [7, 11) is 3.25. The van der Waals surface area contributed by atoms with Crippen LogP contribution in [-0.4, -0.2) is 14.2 Å². The van der Waals surface area contributed by atoms with Crippen LogP contribution in [0.2, 0.25) is 0 Å². The van der Waals surface area contributed by atoms with Crippen LogP contribution in [0.1, 0.15) is 66.8 Å². The van der Waals surface area contributed by atoms with Gasteiger partial charge in [-0.2, -0.15) is 10.5 Å². The van der Waals surface area contributed by atoms with Crippen molar-refractivity contribution in [1.29, 1.82) is 10.5 Å². The van der Waals surface area contributed by atoms with Gasteiger partial charge in [0.2, 0.25) is 0 Å². The number of benzene rings is 5. The first-order valence-electron chi connectivity index (χ1n) is 16.2. The molecule has 0 fully saturated rings. The summed E-state index contributed by atoms with van der Waals surface area (Å²) in [6.45, 7) is 3.62. The minimum Gasteiger partial charge on any atom is -0.493 e. The second-order valence-corrected chi connectivity index (χ2v) is 12.6. The summed E-state index contributed by atoms with van der Waals surface area (Å²) in [5.41, 5.74) is 10.5. The quantitative estimate of drug-likeness (QED) is 0.175. The van der Waals surface area contributed by atoms with Gasteiger partial charge in [0.15, 0.2) is 34.5 Å². The lowest BCUT2D eigenvalue weighted by Gasteiger charge is -2.28. The van der Waals surface area contributed by atoms with Gasteiger partial charge in [0.25, 0.3) is 0 Å². The molecule has 0 aromatic heterocycles. The van der Waals surface area contributed by atoms with Crippen molar-refractivity contribution < 1.29 is 18.9 Å². The second kappa shape index (κ2) is 11.5. The Balaban J connectivity index is 1.42. The Morgan fingerprint density at radius 1 is 0.608 bits per heavy atom. The van der Waals surface area contributed by atoms with Crippen molar-refractivity contribution in [2.45, 2.75) is 19.3 Å². The number of nitrogens with zero attached hydrogens (tertiary/aromatic N) is 2. The number of methoxy groups -OCH3 is 2. The van der Waals surface area contributed by atoms with Crippen molar-refractivity contribution in [1.82, 2.24) is 0 Å². The first kappa shape index (κ1) is 31.2. The van der Waals surface area contributed by atoms with E-state index < -0.39 is 5.41 Å². The summed E-state index contributed by atoms with van der Waals surface area (Å²) < 4.78 is 24.7. The minimum atomic E-state index is -0.789. The highest BCUT2D eigenvalue weighted by Crippen LogP contribution is 2.60. The molecular weight excluding hydrogens is 633 g/mol. The molecule has 0 saturated heterocycles. The van der Waals surface area contributed by atoms with Gasteiger partial charge in [-0.25, -0.2) is 0 Å². The molecule has 242 valence electrons. The maximum Gasteiger partial charge on any atom is 0.189 e. The van der Waals surface area contributed by atoms with Crippen LogP contribution in [0.3, 0.4) is 0 Å². The molecule has 0 saturated carbocycles.